The average molecular weight is 283 g/mol. The maximum atomic E-state index is 5.31. The van der Waals surface area contributed by atoms with Gasteiger partial charge in [0.15, 0.2) is 4.77 Å². The van der Waals surface area contributed by atoms with Crippen LogP contribution in [-0.2, 0) is 0 Å². The van der Waals surface area contributed by atoms with Crippen LogP contribution in [-0.4, -0.2) is 51.9 Å². The predicted molar refractivity (Wildman–Crippen MR) is 81.3 cm³/mol. The van der Waals surface area contributed by atoms with Crippen molar-refractivity contribution >= 4 is 18.2 Å². The molecule has 1 aliphatic heterocycles. The van der Waals surface area contributed by atoms with E-state index in [0.29, 0.717) is 16.9 Å². The molecule has 0 aliphatic carbocycles. The van der Waals surface area contributed by atoms with Crippen LogP contribution < -0.4 is 4.90 Å². The minimum atomic E-state index is 0.342. The summed E-state index contributed by atoms with van der Waals surface area (Å²) >= 11 is 5.31. The quantitative estimate of drug-likeness (QED) is 0.862. The Morgan fingerprint density at radius 3 is 2.37 bits per heavy atom. The third kappa shape index (κ3) is 3.00. The van der Waals surface area contributed by atoms with Gasteiger partial charge in [-0.25, -0.2) is 5.10 Å². The minimum Gasteiger partial charge on any atom is -0.338 e. The SMILES string of the molecule is CCC(C)N1CCN(c2n[nH]c(=S)n2C(C)C)CC1. The molecule has 2 rings (SSSR count). The zero-order valence-electron chi connectivity index (χ0n) is 12.4. The van der Waals surface area contributed by atoms with Crippen LogP contribution in [0.4, 0.5) is 5.95 Å². The minimum absolute atomic E-state index is 0.342. The fraction of sp³-hybridized carbons (Fsp3) is 0.846. The van der Waals surface area contributed by atoms with E-state index in [1.807, 2.05) is 0 Å². The molecule has 1 saturated heterocycles. The van der Waals surface area contributed by atoms with Gasteiger partial charge in [0.05, 0.1) is 0 Å². The highest BCUT2D eigenvalue weighted by molar-refractivity contribution is 7.71. The molecule has 19 heavy (non-hydrogen) atoms. The van der Waals surface area contributed by atoms with Gasteiger partial charge in [-0.2, -0.15) is 0 Å². The maximum absolute atomic E-state index is 5.31. The lowest BCUT2D eigenvalue weighted by molar-refractivity contribution is 0.191. The number of rotatable bonds is 4. The molecule has 0 bridgehead atoms. The molecule has 1 N–H and O–H groups in total. The summed E-state index contributed by atoms with van der Waals surface area (Å²) in [5, 5.41) is 7.33. The topological polar surface area (TPSA) is 40.1 Å². The van der Waals surface area contributed by atoms with Gasteiger partial charge in [-0.15, -0.1) is 5.10 Å². The Morgan fingerprint density at radius 2 is 1.84 bits per heavy atom. The zero-order chi connectivity index (χ0) is 14.0. The Hall–Kier alpha value is -0.880. The van der Waals surface area contributed by atoms with E-state index in [2.05, 4.69) is 52.3 Å². The number of nitrogens with one attached hydrogen (secondary N) is 1. The summed E-state index contributed by atoms with van der Waals surface area (Å²) < 4.78 is 2.82. The van der Waals surface area contributed by atoms with Gasteiger partial charge >= 0.3 is 0 Å². The molecular formula is C13H25N5S. The van der Waals surface area contributed by atoms with Gasteiger partial charge < -0.3 is 4.90 Å². The molecule has 6 heteroatoms. The Balaban J connectivity index is 2.08. The number of aromatic amines is 1. The van der Waals surface area contributed by atoms with Crippen molar-refractivity contribution in [2.45, 2.75) is 46.2 Å². The summed E-state index contributed by atoms with van der Waals surface area (Å²) in [5.41, 5.74) is 0. The first-order chi connectivity index (χ1) is 9.04. The van der Waals surface area contributed by atoms with Crippen LogP contribution in [0.2, 0.25) is 0 Å². The number of H-pyrrole nitrogens is 1. The number of hydrogen-bond donors (Lipinski definition) is 1. The first-order valence-electron chi connectivity index (χ1n) is 7.20. The molecular weight excluding hydrogens is 258 g/mol. The third-order valence-electron chi connectivity index (χ3n) is 4.01. The monoisotopic (exact) mass is 283 g/mol. The van der Waals surface area contributed by atoms with E-state index in [0.717, 1.165) is 32.1 Å². The number of anilines is 1. The van der Waals surface area contributed by atoms with Crippen molar-refractivity contribution in [2.24, 2.45) is 0 Å². The molecule has 5 nitrogen and oxygen atoms in total. The smallest absolute Gasteiger partial charge is 0.226 e. The van der Waals surface area contributed by atoms with Crippen LogP contribution in [0.25, 0.3) is 0 Å². The van der Waals surface area contributed by atoms with Crippen molar-refractivity contribution in [2.75, 3.05) is 31.1 Å². The van der Waals surface area contributed by atoms with Gasteiger partial charge in [-0.05, 0) is 39.4 Å². The van der Waals surface area contributed by atoms with Crippen molar-refractivity contribution in [1.82, 2.24) is 19.7 Å². The first-order valence-corrected chi connectivity index (χ1v) is 7.61. The second-order valence-electron chi connectivity index (χ2n) is 5.57. The highest BCUT2D eigenvalue weighted by Gasteiger charge is 2.23. The summed E-state index contributed by atoms with van der Waals surface area (Å²) in [6.07, 6.45) is 1.21. The third-order valence-corrected chi connectivity index (χ3v) is 4.30. The van der Waals surface area contributed by atoms with Crippen molar-refractivity contribution < 1.29 is 0 Å². The van der Waals surface area contributed by atoms with Crippen LogP contribution in [0.15, 0.2) is 0 Å². The highest BCUT2D eigenvalue weighted by Crippen LogP contribution is 2.19. The second kappa shape index (κ2) is 6.05. The zero-order valence-corrected chi connectivity index (χ0v) is 13.2. The largest absolute Gasteiger partial charge is 0.338 e. The predicted octanol–water partition coefficient (Wildman–Crippen LogP) is 2.44. The van der Waals surface area contributed by atoms with Crippen LogP contribution in [0.3, 0.4) is 0 Å². The molecule has 108 valence electrons. The van der Waals surface area contributed by atoms with Crippen molar-refractivity contribution in [3.8, 4) is 0 Å². The molecule has 2 heterocycles. The summed E-state index contributed by atoms with van der Waals surface area (Å²) in [6, 6.07) is 1.02. The van der Waals surface area contributed by atoms with Crippen LogP contribution >= 0.6 is 12.2 Å². The lowest BCUT2D eigenvalue weighted by atomic mass is 10.2. The molecule has 0 aromatic carbocycles. The van der Waals surface area contributed by atoms with Gasteiger partial charge in [0.25, 0.3) is 0 Å². The van der Waals surface area contributed by atoms with E-state index < -0.39 is 0 Å². The summed E-state index contributed by atoms with van der Waals surface area (Å²) in [6.45, 7) is 13.1. The number of nitrogens with zero attached hydrogens (tertiary/aromatic N) is 4. The Morgan fingerprint density at radius 1 is 1.21 bits per heavy atom. The maximum Gasteiger partial charge on any atom is 0.226 e. The lowest BCUT2D eigenvalue weighted by Gasteiger charge is -2.38. The molecule has 0 saturated carbocycles. The number of aromatic nitrogens is 3. The van der Waals surface area contributed by atoms with Crippen LogP contribution in [0, 0.1) is 4.77 Å². The van der Waals surface area contributed by atoms with Gasteiger partial charge in [0, 0.05) is 38.3 Å². The molecule has 1 fully saturated rings. The van der Waals surface area contributed by atoms with E-state index in [1.165, 1.54) is 6.42 Å². The van der Waals surface area contributed by atoms with Crippen molar-refractivity contribution in [3.63, 3.8) is 0 Å². The standard InChI is InChI=1S/C13H25N5S/c1-5-11(4)16-6-8-17(9-7-16)12-14-15-13(19)18(12)10(2)3/h10-11H,5-9H2,1-4H3,(H,15,19). The molecule has 1 aliphatic rings. The second-order valence-corrected chi connectivity index (χ2v) is 5.96. The van der Waals surface area contributed by atoms with Crippen LogP contribution in [0.1, 0.15) is 40.2 Å². The van der Waals surface area contributed by atoms with Gasteiger partial charge in [-0.3, -0.25) is 9.47 Å². The molecule has 1 unspecified atom stereocenters. The van der Waals surface area contributed by atoms with Crippen molar-refractivity contribution in [1.29, 1.82) is 0 Å². The molecule has 1 aromatic heterocycles. The first kappa shape index (κ1) is 14.5. The summed E-state index contributed by atoms with van der Waals surface area (Å²) in [4.78, 5) is 4.89. The summed E-state index contributed by atoms with van der Waals surface area (Å²) in [7, 11) is 0. The van der Waals surface area contributed by atoms with E-state index >= 15 is 0 Å². The number of piperazine rings is 1. The fourth-order valence-electron chi connectivity index (χ4n) is 2.61. The van der Waals surface area contributed by atoms with E-state index in [1.54, 1.807) is 0 Å². The fourth-order valence-corrected chi connectivity index (χ4v) is 2.94. The Labute approximate surface area is 120 Å². The van der Waals surface area contributed by atoms with Crippen LogP contribution in [0.5, 0.6) is 0 Å². The lowest BCUT2D eigenvalue weighted by Crippen LogP contribution is -2.50. The molecule has 1 aromatic rings. The molecule has 1 atom stereocenters. The Kier molecular flexibility index (Phi) is 4.62. The molecule has 0 amide bonds. The normalized spacial score (nSPS) is 19.1. The van der Waals surface area contributed by atoms with Gasteiger partial charge in [0.2, 0.25) is 5.95 Å². The van der Waals surface area contributed by atoms with E-state index in [9.17, 15) is 0 Å². The average Bonchev–Trinajstić information content (AvgIpc) is 2.80. The van der Waals surface area contributed by atoms with E-state index in [4.69, 9.17) is 12.2 Å². The van der Waals surface area contributed by atoms with Crippen molar-refractivity contribution in [3.05, 3.63) is 4.77 Å². The summed E-state index contributed by atoms with van der Waals surface area (Å²) in [5.74, 6) is 0.990. The number of hydrogen-bond acceptors (Lipinski definition) is 4. The van der Waals surface area contributed by atoms with E-state index in [-0.39, 0.29) is 0 Å². The van der Waals surface area contributed by atoms with Gasteiger partial charge in [0.1, 0.15) is 0 Å². The Bertz CT molecular complexity index is 456. The van der Waals surface area contributed by atoms with Gasteiger partial charge in [-0.1, -0.05) is 6.92 Å². The molecule has 0 spiro atoms. The molecule has 0 radical (unpaired) electrons. The highest BCUT2D eigenvalue weighted by atomic mass is 32.1.